The van der Waals surface area contributed by atoms with Crippen molar-refractivity contribution in [2.75, 3.05) is 12.3 Å². The van der Waals surface area contributed by atoms with Crippen LogP contribution in [0.1, 0.15) is 5.82 Å². The summed E-state index contributed by atoms with van der Waals surface area (Å²) < 4.78 is 26.5. The van der Waals surface area contributed by atoms with Crippen LogP contribution in [-0.4, -0.2) is 24.9 Å². The Kier molecular flexibility index (Phi) is 4.08. The fraction of sp³-hybridized carbons (Fsp3) is 0.182. The van der Waals surface area contributed by atoms with E-state index in [9.17, 15) is 8.42 Å². The molecular weight excluding hydrogens is 288 g/mol. The zero-order valence-electron chi connectivity index (χ0n) is 9.93. The van der Waals surface area contributed by atoms with Crippen molar-refractivity contribution in [1.82, 2.24) is 14.7 Å². The summed E-state index contributed by atoms with van der Waals surface area (Å²) in [7, 11) is -3.64. The van der Waals surface area contributed by atoms with Crippen LogP contribution in [0.15, 0.2) is 35.5 Å². The highest BCUT2D eigenvalue weighted by Crippen LogP contribution is 2.23. The molecule has 4 N–H and O–H groups in total. The predicted octanol–water partition coefficient (Wildman–Crippen LogP) is 1.17. The van der Waals surface area contributed by atoms with E-state index >= 15 is 0 Å². The molecule has 2 aromatic rings. The van der Waals surface area contributed by atoms with Gasteiger partial charge in [-0.05, 0) is 18.2 Å². The average molecular weight is 301 g/mol. The van der Waals surface area contributed by atoms with Gasteiger partial charge in [-0.15, -0.1) is 0 Å². The first-order chi connectivity index (χ1) is 8.99. The molecule has 0 amide bonds. The summed E-state index contributed by atoms with van der Waals surface area (Å²) in [5.41, 5.74) is 5.94. The Morgan fingerprint density at radius 1 is 1.42 bits per heavy atom. The number of sulfonamides is 1. The van der Waals surface area contributed by atoms with Gasteiger partial charge in [0.05, 0.1) is 5.02 Å². The second-order valence-electron chi connectivity index (χ2n) is 3.87. The highest BCUT2D eigenvalue weighted by atomic mass is 35.5. The van der Waals surface area contributed by atoms with Gasteiger partial charge in [-0.1, -0.05) is 11.6 Å². The van der Waals surface area contributed by atoms with Gasteiger partial charge in [-0.2, -0.15) is 0 Å². The van der Waals surface area contributed by atoms with E-state index in [1.165, 1.54) is 18.2 Å². The molecule has 2 rings (SSSR count). The summed E-state index contributed by atoms with van der Waals surface area (Å²) in [4.78, 5) is 6.91. The van der Waals surface area contributed by atoms with Crippen LogP contribution in [0, 0.1) is 0 Å². The second kappa shape index (κ2) is 5.60. The number of rotatable bonds is 5. The van der Waals surface area contributed by atoms with E-state index in [1.807, 2.05) is 0 Å². The first kappa shape index (κ1) is 13.9. The molecule has 1 aromatic heterocycles. The lowest BCUT2D eigenvalue weighted by molar-refractivity contribution is 0.581. The molecule has 1 heterocycles. The van der Waals surface area contributed by atoms with Crippen LogP contribution in [0.5, 0.6) is 0 Å². The van der Waals surface area contributed by atoms with Crippen molar-refractivity contribution in [3.8, 4) is 0 Å². The molecule has 102 valence electrons. The van der Waals surface area contributed by atoms with Crippen LogP contribution in [0.25, 0.3) is 0 Å². The molecule has 0 spiro atoms. The zero-order chi connectivity index (χ0) is 13.9. The Bertz CT molecular complexity index is 655. The lowest BCUT2D eigenvalue weighted by Gasteiger charge is -2.08. The number of aromatic nitrogens is 2. The lowest BCUT2D eigenvalue weighted by atomic mass is 10.3. The minimum Gasteiger partial charge on any atom is -0.399 e. The molecule has 0 saturated heterocycles. The Labute approximate surface area is 116 Å². The molecule has 19 heavy (non-hydrogen) atoms. The largest absolute Gasteiger partial charge is 0.399 e. The number of benzene rings is 1. The summed E-state index contributed by atoms with van der Waals surface area (Å²) in [5, 5.41) is 0.102. The van der Waals surface area contributed by atoms with Crippen LogP contribution in [0.3, 0.4) is 0 Å². The normalized spacial score (nSPS) is 11.6. The number of aromatic amines is 1. The van der Waals surface area contributed by atoms with Crippen molar-refractivity contribution in [2.24, 2.45) is 0 Å². The van der Waals surface area contributed by atoms with Crippen molar-refractivity contribution in [3.63, 3.8) is 0 Å². The van der Waals surface area contributed by atoms with Crippen LogP contribution < -0.4 is 10.5 Å². The Hall–Kier alpha value is -1.57. The minimum atomic E-state index is -3.64. The van der Waals surface area contributed by atoms with E-state index in [4.69, 9.17) is 17.3 Å². The number of anilines is 1. The number of imidazole rings is 1. The lowest BCUT2D eigenvalue weighted by Crippen LogP contribution is -2.26. The molecular formula is C11H13ClN4O2S. The Balaban J connectivity index is 2.05. The fourth-order valence-corrected chi connectivity index (χ4v) is 3.13. The molecule has 0 aliphatic heterocycles. The second-order valence-corrected chi connectivity index (χ2v) is 6.02. The number of nitrogens with zero attached hydrogens (tertiary/aromatic N) is 1. The average Bonchev–Trinajstić information content (AvgIpc) is 2.81. The Morgan fingerprint density at radius 2 is 2.21 bits per heavy atom. The molecule has 0 bridgehead atoms. The van der Waals surface area contributed by atoms with Gasteiger partial charge in [0.2, 0.25) is 10.0 Å². The summed E-state index contributed by atoms with van der Waals surface area (Å²) in [6.45, 7) is 0.233. The molecule has 0 aliphatic carbocycles. The molecule has 0 atom stereocenters. The highest BCUT2D eigenvalue weighted by molar-refractivity contribution is 7.89. The van der Waals surface area contributed by atoms with Crippen molar-refractivity contribution in [1.29, 1.82) is 0 Å². The minimum absolute atomic E-state index is 0.0165. The maximum atomic E-state index is 12.0. The highest BCUT2D eigenvalue weighted by Gasteiger charge is 2.17. The third kappa shape index (κ3) is 3.46. The van der Waals surface area contributed by atoms with Gasteiger partial charge in [-0.25, -0.2) is 18.1 Å². The van der Waals surface area contributed by atoms with Crippen LogP contribution in [-0.2, 0) is 16.4 Å². The smallest absolute Gasteiger partial charge is 0.242 e. The molecule has 0 fully saturated rings. The van der Waals surface area contributed by atoms with Gasteiger partial charge in [0.1, 0.15) is 10.7 Å². The van der Waals surface area contributed by atoms with Crippen molar-refractivity contribution >= 4 is 27.3 Å². The summed E-state index contributed by atoms with van der Waals surface area (Å²) in [6.07, 6.45) is 3.76. The number of nitrogen functional groups attached to an aromatic ring is 1. The zero-order valence-corrected chi connectivity index (χ0v) is 11.5. The summed E-state index contributed by atoms with van der Waals surface area (Å²) in [6, 6.07) is 4.28. The van der Waals surface area contributed by atoms with E-state index in [2.05, 4.69) is 14.7 Å². The monoisotopic (exact) mass is 300 g/mol. The molecule has 0 saturated carbocycles. The number of nitrogens with two attached hydrogens (primary N) is 1. The van der Waals surface area contributed by atoms with E-state index in [1.54, 1.807) is 12.4 Å². The third-order valence-corrected chi connectivity index (χ3v) is 4.40. The van der Waals surface area contributed by atoms with Crippen molar-refractivity contribution in [2.45, 2.75) is 11.3 Å². The number of hydrogen-bond donors (Lipinski definition) is 3. The predicted molar refractivity (Wildman–Crippen MR) is 73.3 cm³/mol. The van der Waals surface area contributed by atoms with E-state index in [-0.39, 0.29) is 16.5 Å². The van der Waals surface area contributed by atoms with Crippen LogP contribution >= 0.6 is 11.6 Å². The molecule has 0 aliphatic rings. The number of halogens is 1. The third-order valence-electron chi connectivity index (χ3n) is 2.45. The maximum absolute atomic E-state index is 12.0. The van der Waals surface area contributed by atoms with Gasteiger partial charge in [-0.3, -0.25) is 0 Å². The van der Waals surface area contributed by atoms with E-state index < -0.39 is 10.0 Å². The maximum Gasteiger partial charge on any atom is 0.242 e. The van der Waals surface area contributed by atoms with Gasteiger partial charge in [0.25, 0.3) is 0 Å². The fourth-order valence-electron chi connectivity index (χ4n) is 1.55. The van der Waals surface area contributed by atoms with E-state index in [0.717, 1.165) is 0 Å². The molecule has 0 radical (unpaired) electrons. The van der Waals surface area contributed by atoms with Gasteiger partial charge in [0, 0.05) is 31.0 Å². The van der Waals surface area contributed by atoms with Crippen LogP contribution in [0.4, 0.5) is 5.69 Å². The van der Waals surface area contributed by atoms with E-state index in [0.29, 0.717) is 17.9 Å². The first-order valence-corrected chi connectivity index (χ1v) is 7.38. The van der Waals surface area contributed by atoms with Gasteiger partial charge >= 0.3 is 0 Å². The molecule has 8 heteroatoms. The molecule has 0 unspecified atom stereocenters. The topological polar surface area (TPSA) is 101 Å². The molecule has 6 nitrogen and oxygen atoms in total. The number of nitrogens with one attached hydrogen (secondary N) is 2. The number of hydrogen-bond acceptors (Lipinski definition) is 4. The van der Waals surface area contributed by atoms with Gasteiger partial charge < -0.3 is 10.7 Å². The number of H-pyrrole nitrogens is 1. The first-order valence-electron chi connectivity index (χ1n) is 5.52. The van der Waals surface area contributed by atoms with Crippen molar-refractivity contribution < 1.29 is 8.42 Å². The van der Waals surface area contributed by atoms with Crippen LogP contribution in [0.2, 0.25) is 5.02 Å². The Morgan fingerprint density at radius 3 is 2.84 bits per heavy atom. The molecule has 1 aromatic carbocycles. The standard InChI is InChI=1S/C11H13ClN4O2S/c12-9-7-8(13)1-2-10(9)19(17,18)16-4-3-11-14-5-6-15-11/h1-2,5-7,16H,3-4,13H2,(H,14,15). The van der Waals surface area contributed by atoms with Gasteiger partial charge in [0.15, 0.2) is 0 Å². The van der Waals surface area contributed by atoms with Crippen molar-refractivity contribution in [3.05, 3.63) is 41.4 Å². The summed E-state index contributed by atoms with van der Waals surface area (Å²) >= 11 is 5.87. The summed E-state index contributed by atoms with van der Waals surface area (Å²) in [5.74, 6) is 0.714. The quantitative estimate of drug-likeness (QED) is 0.721. The SMILES string of the molecule is Nc1ccc(S(=O)(=O)NCCc2ncc[nH]2)c(Cl)c1.